The maximum Gasteiger partial charge on any atom is 0.171 e. The number of hydrogen-bond acceptors (Lipinski definition) is 2. The van der Waals surface area contributed by atoms with Gasteiger partial charge in [0.25, 0.3) is 0 Å². The van der Waals surface area contributed by atoms with Crippen molar-refractivity contribution in [3.8, 4) is 0 Å². The molecule has 3 heteroatoms. The molecule has 0 fully saturated rings. The summed E-state index contributed by atoms with van der Waals surface area (Å²) in [6.07, 6.45) is 0. The van der Waals surface area contributed by atoms with Crippen LogP contribution in [0.1, 0.15) is 40.2 Å². The summed E-state index contributed by atoms with van der Waals surface area (Å²) >= 11 is 6.00. The van der Waals surface area contributed by atoms with Gasteiger partial charge in [0.2, 0.25) is 0 Å². The van der Waals surface area contributed by atoms with Gasteiger partial charge < -0.3 is 0 Å². The van der Waals surface area contributed by atoms with E-state index in [1.807, 2.05) is 60.7 Å². The average molecular weight is 363 g/mol. The summed E-state index contributed by atoms with van der Waals surface area (Å²) in [7, 11) is 0. The lowest BCUT2D eigenvalue weighted by atomic mass is 9.75. The fourth-order valence-electron chi connectivity index (χ4n) is 3.27. The molecule has 0 amide bonds. The molecular formula is C23H19ClO2. The lowest BCUT2D eigenvalue weighted by Gasteiger charge is -2.25. The van der Waals surface area contributed by atoms with Crippen LogP contribution in [0.4, 0.5) is 0 Å². The van der Waals surface area contributed by atoms with E-state index in [1.165, 1.54) is 6.92 Å². The number of hydrogen-bond donors (Lipinski definition) is 0. The molecule has 0 aromatic heterocycles. The Balaban J connectivity index is 2.13. The molecule has 0 aliphatic heterocycles. The molecule has 2 unspecified atom stereocenters. The molecule has 0 heterocycles. The van der Waals surface area contributed by atoms with E-state index in [-0.39, 0.29) is 11.6 Å². The van der Waals surface area contributed by atoms with Crippen molar-refractivity contribution in [2.45, 2.75) is 18.8 Å². The minimum absolute atomic E-state index is 0.0505. The minimum atomic E-state index is -0.586. The van der Waals surface area contributed by atoms with Crippen LogP contribution < -0.4 is 0 Å². The van der Waals surface area contributed by atoms with Gasteiger partial charge in [0, 0.05) is 10.6 Å². The van der Waals surface area contributed by atoms with Gasteiger partial charge in [0.05, 0.1) is 11.8 Å². The normalized spacial score (nSPS) is 13.0. The van der Waals surface area contributed by atoms with E-state index in [0.717, 1.165) is 11.1 Å². The van der Waals surface area contributed by atoms with Crippen LogP contribution in [0.15, 0.2) is 84.9 Å². The van der Waals surface area contributed by atoms with Gasteiger partial charge in [-0.3, -0.25) is 9.59 Å². The van der Waals surface area contributed by atoms with E-state index in [1.54, 1.807) is 24.3 Å². The zero-order valence-electron chi connectivity index (χ0n) is 14.4. The highest BCUT2D eigenvalue weighted by Crippen LogP contribution is 2.37. The van der Waals surface area contributed by atoms with Gasteiger partial charge in [0.1, 0.15) is 5.78 Å². The standard InChI is InChI=1S/C23H19ClO2/c1-16(25)21(18-12-14-20(24)15-13-18)22(17-8-4-2-5-9-17)23(26)19-10-6-3-7-11-19/h2-15,21-22H,1H3. The first-order valence-electron chi connectivity index (χ1n) is 8.48. The topological polar surface area (TPSA) is 34.1 Å². The molecule has 0 bridgehead atoms. The van der Waals surface area contributed by atoms with Crippen LogP contribution in [0.3, 0.4) is 0 Å². The van der Waals surface area contributed by atoms with Crippen molar-refractivity contribution < 1.29 is 9.59 Å². The summed E-state index contributed by atoms with van der Waals surface area (Å²) in [5.74, 6) is -1.27. The number of carbonyl (C=O) groups excluding carboxylic acids is 2. The SMILES string of the molecule is CC(=O)C(c1ccc(Cl)cc1)C(C(=O)c1ccccc1)c1ccccc1. The molecule has 0 aliphatic carbocycles. The van der Waals surface area contributed by atoms with Gasteiger partial charge in [-0.25, -0.2) is 0 Å². The first-order valence-corrected chi connectivity index (χ1v) is 8.86. The fourth-order valence-corrected chi connectivity index (χ4v) is 3.40. The van der Waals surface area contributed by atoms with Crippen LogP contribution in [-0.4, -0.2) is 11.6 Å². The molecule has 0 spiro atoms. The highest BCUT2D eigenvalue weighted by molar-refractivity contribution is 6.30. The molecule has 130 valence electrons. The summed E-state index contributed by atoms with van der Waals surface area (Å²) in [5, 5.41) is 0.599. The van der Waals surface area contributed by atoms with E-state index in [9.17, 15) is 9.59 Å². The molecule has 3 aromatic carbocycles. The molecule has 0 N–H and O–H groups in total. The first kappa shape index (κ1) is 18.1. The Kier molecular flexibility index (Phi) is 5.65. The zero-order chi connectivity index (χ0) is 18.5. The maximum absolute atomic E-state index is 13.4. The molecule has 3 aromatic rings. The Morgan fingerprint density at radius 3 is 1.73 bits per heavy atom. The van der Waals surface area contributed by atoms with Crippen molar-refractivity contribution in [2.75, 3.05) is 0 Å². The molecule has 0 aliphatic rings. The summed E-state index contributed by atoms with van der Waals surface area (Å²) in [6, 6.07) is 25.7. The van der Waals surface area contributed by atoms with Gasteiger partial charge in [-0.05, 0) is 30.2 Å². The van der Waals surface area contributed by atoms with Gasteiger partial charge in [-0.2, -0.15) is 0 Å². The zero-order valence-corrected chi connectivity index (χ0v) is 15.2. The Morgan fingerprint density at radius 2 is 1.19 bits per heavy atom. The summed E-state index contributed by atoms with van der Waals surface area (Å²) in [5.41, 5.74) is 2.22. The van der Waals surface area contributed by atoms with Crippen LogP contribution in [0.5, 0.6) is 0 Å². The van der Waals surface area contributed by atoms with E-state index < -0.39 is 11.8 Å². The van der Waals surface area contributed by atoms with Crippen LogP contribution in [-0.2, 0) is 4.79 Å². The molecular weight excluding hydrogens is 344 g/mol. The van der Waals surface area contributed by atoms with Crippen LogP contribution in [0.2, 0.25) is 5.02 Å². The second-order valence-corrected chi connectivity index (χ2v) is 6.69. The van der Waals surface area contributed by atoms with E-state index >= 15 is 0 Å². The number of carbonyl (C=O) groups is 2. The van der Waals surface area contributed by atoms with Gasteiger partial charge in [-0.1, -0.05) is 84.4 Å². The summed E-state index contributed by atoms with van der Waals surface area (Å²) < 4.78 is 0. The van der Waals surface area contributed by atoms with Crippen LogP contribution in [0.25, 0.3) is 0 Å². The summed E-state index contributed by atoms with van der Waals surface area (Å²) in [4.78, 5) is 25.9. The fraction of sp³-hybridized carbons (Fsp3) is 0.130. The second-order valence-electron chi connectivity index (χ2n) is 6.26. The minimum Gasteiger partial charge on any atom is -0.299 e. The quantitative estimate of drug-likeness (QED) is 0.529. The molecule has 0 radical (unpaired) electrons. The monoisotopic (exact) mass is 362 g/mol. The van der Waals surface area contributed by atoms with Crippen LogP contribution in [0, 0.1) is 0 Å². The van der Waals surface area contributed by atoms with Gasteiger partial charge in [-0.15, -0.1) is 0 Å². The summed E-state index contributed by atoms with van der Waals surface area (Å²) in [6.45, 7) is 1.54. The third-order valence-electron chi connectivity index (χ3n) is 4.50. The number of rotatable bonds is 6. The Morgan fingerprint density at radius 1 is 0.692 bits per heavy atom. The van der Waals surface area contributed by atoms with Crippen molar-refractivity contribution >= 4 is 23.2 Å². The highest BCUT2D eigenvalue weighted by atomic mass is 35.5. The Hall–Kier alpha value is -2.71. The van der Waals surface area contributed by atoms with Crippen molar-refractivity contribution in [3.63, 3.8) is 0 Å². The van der Waals surface area contributed by atoms with E-state index in [0.29, 0.717) is 10.6 Å². The Labute approximate surface area is 158 Å². The number of ketones is 2. The first-order chi connectivity index (χ1) is 12.6. The number of benzene rings is 3. The van der Waals surface area contributed by atoms with Crippen molar-refractivity contribution in [1.82, 2.24) is 0 Å². The van der Waals surface area contributed by atoms with E-state index in [2.05, 4.69) is 0 Å². The molecule has 0 saturated carbocycles. The third-order valence-corrected chi connectivity index (χ3v) is 4.75. The van der Waals surface area contributed by atoms with Crippen LogP contribution >= 0.6 is 11.6 Å². The van der Waals surface area contributed by atoms with Gasteiger partial charge in [0.15, 0.2) is 5.78 Å². The molecule has 0 saturated heterocycles. The lowest BCUT2D eigenvalue weighted by molar-refractivity contribution is -0.118. The van der Waals surface area contributed by atoms with Crippen molar-refractivity contribution in [1.29, 1.82) is 0 Å². The van der Waals surface area contributed by atoms with E-state index in [4.69, 9.17) is 11.6 Å². The molecule has 26 heavy (non-hydrogen) atoms. The van der Waals surface area contributed by atoms with Crippen molar-refractivity contribution in [2.24, 2.45) is 0 Å². The molecule has 3 rings (SSSR count). The number of Topliss-reactive ketones (excluding diaryl/α,β-unsaturated/α-hetero) is 2. The van der Waals surface area contributed by atoms with Gasteiger partial charge >= 0.3 is 0 Å². The average Bonchev–Trinajstić information content (AvgIpc) is 2.67. The lowest BCUT2D eigenvalue weighted by Crippen LogP contribution is -2.25. The second kappa shape index (κ2) is 8.11. The predicted molar refractivity (Wildman–Crippen MR) is 105 cm³/mol. The maximum atomic E-state index is 13.4. The highest BCUT2D eigenvalue weighted by Gasteiger charge is 2.34. The van der Waals surface area contributed by atoms with Crippen molar-refractivity contribution in [3.05, 3.63) is 107 Å². The number of halogens is 1. The molecule has 2 nitrogen and oxygen atoms in total. The Bertz CT molecular complexity index is 887. The smallest absolute Gasteiger partial charge is 0.171 e. The third kappa shape index (κ3) is 3.92. The predicted octanol–water partition coefficient (Wildman–Crippen LogP) is 5.68. The largest absolute Gasteiger partial charge is 0.299 e. The molecule has 2 atom stereocenters.